The summed E-state index contributed by atoms with van der Waals surface area (Å²) >= 11 is 1.82. The molecule has 0 saturated heterocycles. The molecule has 0 heterocycles. The Kier molecular flexibility index (Phi) is 2.88. The van der Waals surface area contributed by atoms with E-state index in [-0.39, 0.29) is 0 Å². The van der Waals surface area contributed by atoms with Crippen molar-refractivity contribution >= 4 is 11.8 Å². The predicted octanol–water partition coefficient (Wildman–Crippen LogP) is 3.83. The summed E-state index contributed by atoms with van der Waals surface area (Å²) in [6, 6.07) is 10.5. The van der Waals surface area contributed by atoms with Gasteiger partial charge in [-0.25, -0.2) is 0 Å². The summed E-state index contributed by atoms with van der Waals surface area (Å²) < 4.78 is 0. The molecule has 0 spiro atoms. The Morgan fingerprint density at radius 2 is 1.92 bits per heavy atom. The predicted molar refractivity (Wildman–Crippen MR) is 58.4 cm³/mol. The zero-order valence-corrected chi connectivity index (χ0v) is 8.13. The minimum atomic E-state index is 1.06. The average Bonchev–Trinajstić information content (AvgIpc) is 2.21. The molecule has 1 aromatic rings. The third-order valence-electron chi connectivity index (χ3n) is 1.83. The molecule has 0 bridgehead atoms. The fraction of sp³-hybridized carbons (Fsp3) is 0.0833. The van der Waals surface area contributed by atoms with Gasteiger partial charge in [-0.1, -0.05) is 48.2 Å². The largest absolute Gasteiger partial charge is 0.0905 e. The second-order valence-electron chi connectivity index (χ2n) is 2.85. The number of rotatable bonds is 2. The zero-order chi connectivity index (χ0) is 8.93. The molecule has 0 unspecified atom stereocenters. The van der Waals surface area contributed by atoms with Gasteiger partial charge in [0.2, 0.25) is 0 Å². The number of allylic oxidation sites excluding steroid dienone is 3. The van der Waals surface area contributed by atoms with Gasteiger partial charge in [0, 0.05) is 9.80 Å². The molecule has 0 N–H and O–H groups in total. The fourth-order valence-corrected chi connectivity index (χ4v) is 2.09. The second kappa shape index (κ2) is 4.33. The van der Waals surface area contributed by atoms with Gasteiger partial charge < -0.3 is 0 Å². The molecule has 13 heavy (non-hydrogen) atoms. The van der Waals surface area contributed by atoms with Crippen LogP contribution in [0.5, 0.6) is 0 Å². The van der Waals surface area contributed by atoms with E-state index in [1.807, 2.05) is 17.8 Å². The minimum absolute atomic E-state index is 1.06. The van der Waals surface area contributed by atoms with Crippen LogP contribution in [0.25, 0.3) is 0 Å². The van der Waals surface area contributed by atoms with Crippen molar-refractivity contribution in [3.8, 4) is 0 Å². The van der Waals surface area contributed by atoms with Crippen LogP contribution in [0.15, 0.2) is 58.4 Å². The molecule has 0 nitrogen and oxygen atoms in total. The van der Waals surface area contributed by atoms with Crippen molar-refractivity contribution in [2.45, 2.75) is 11.3 Å². The van der Waals surface area contributed by atoms with Crippen molar-refractivity contribution in [1.29, 1.82) is 0 Å². The Balaban J connectivity index is 2.06. The lowest BCUT2D eigenvalue weighted by Gasteiger charge is -2.05. The Bertz CT molecular complexity index is 322. The summed E-state index contributed by atoms with van der Waals surface area (Å²) in [4.78, 5) is 2.65. The van der Waals surface area contributed by atoms with Crippen molar-refractivity contribution < 1.29 is 0 Å². The van der Waals surface area contributed by atoms with E-state index in [4.69, 9.17) is 0 Å². The van der Waals surface area contributed by atoms with E-state index in [9.17, 15) is 0 Å². The SMILES string of the molecule is [CH]1C=CC(Sc2ccccc2)=CC1. The topological polar surface area (TPSA) is 0 Å². The molecular formula is C12H11S. The molecule has 0 saturated carbocycles. The van der Waals surface area contributed by atoms with Gasteiger partial charge in [-0.15, -0.1) is 0 Å². The average molecular weight is 187 g/mol. The molecule has 0 fully saturated rings. The summed E-state index contributed by atoms with van der Waals surface area (Å²) in [5.74, 6) is 0. The van der Waals surface area contributed by atoms with Crippen LogP contribution in [0.4, 0.5) is 0 Å². The van der Waals surface area contributed by atoms with Crippen LogP contribution in [0.2, 0.25) is 0 Å². The van der Waals surface area contributed by atoms with Gasteiger partial charge in [-0.3, -0.25) is 0 Å². The van der Waals surface area contributed by atoms with Crippen LogP contribution in [0.1, 0.15) is 6.42 Å². The quantitative estimate of drug-likeness (QED) is 0.678. The maximum absolute atomic E-state index is 2.25. The number of hydrogen-bond donors (Lipinski definition) is 0. The van der Waals surface area contributed by atoms with Crippen molar-refractivity contribution in [2.75, 3.05) is 0 Å². The van der Waals surface area contributed by atoms with Crippen LogP contribution in [0, 0.1) is 6.42 Å². The van der Waals surface area contributed by atoms with Crippen LogP contribution >= 0.6 is 11.8 Å². The van der Waals surface area contributed by atoms with Gasteiger partial charge >= 0.3 is 0 Å². The van der Waals surface area contributed by atoms with Crippen LogP contribution in [-0.2, 0) is 0 Å². The third-order valence-corrected chi connectivity index (χ3v) is 2.88. The highest BCUT2D eigenvalue weighted by Crippen LogP contribution is 2.29. The van der Waals surface area contributed by atoms with E-state index < -0.39 is 0 Å². The Morgan fingerprint density at radius 1 is 1.08 bits per heavy atom. The van der Waals surface area contributed by atoms with Crippen molar-refractivity contribution in [3.63, 3.8) is 0 Å². The molecule has 0 atom stereocenters. The van der Waals surface area contributed by atoms with E-state index in [1.165, 1.54) is 9.80 Å². The zero-order valence-electron chi connectivity index (χ0n) is 7.31. The molecule has 2 rings (SSSR count). The highest BCUT2D eigenvalue weighted by atomic mass is 32.2. The lowest BCUT2D eigenvalue weighted by atomic mass is 10.2. The maximum Gasteiger partial charge on any atom is 0.0122 e. The molecule has 0 aromatic heterocycles. The van der Waals surface area contributed by atoms with Crippen LogP contribution < -0.4 is 0 Å². The van der Waals surface area contributed by atoms with Crippen molar-refractivity contribution in [3.05, 3.63) is 59.9 Å². The van der Waals surface area contributed by atoms with Gasteiger partial charge in [0.05, 0.1) is 0 Å². The second-order valence-corrected chi connectivity index (χ2v) is 4.00. The molecule has 65 valence electrons. The number of thioether (sulfide) groups is 1. The summed E-state index contributed by atoms with van der Waals surface area (Å²) in [6.45, 7) is 0. The first-order valence-electron chi connectivity index (χ1n) is 4.38. The normalized spacial score (nSPS) is 15.5. The Morgan fingerprint density at radius 3 is 2.62 bits per heavy atom. The number of hydrogen-bond acceptors (Lipinski definition) is 1. The third kappa shape index (κ3) is 2.49. The summed E-state index contributed by atoms with van der Waals surface area (Å²) in [5.41, 5.74) is 0. The van der Waals surface area contributed by atoms with Crippen molar-refractivity contribution in [1.82, 2.24) is 0 Å². The van der Waals surface area contributed by atoms with E-state index in [0.29, 0.717) is 0 Å². The van der Waals surface area contributed by atoms with Gasteiger partial charge in [0.25, 0.3) is 0 Å². The summed E-state index contributed by atoms with van der Waals surface area (Å²) in [5, 5.41) is 0. The molecule has 0 amide bonds. The molecule has 1 heteroatoms. The van der Waals surface area contributed by atoms with Gasteiger partial charge in [-0.05, 0) is 25.0 Å². The monoisotopic (exact) mass is 187 g/mol. The Hall–Kier alpha value is -0.950. The molecular weight excluding hydrogens is 176 g/mol. The first kappa shape index (κ1) is 8.64. The lowest BCUT2D eigenvalue weighted by molar-refractivity contribution is 1.26. The highest BCUT2D eigenvalue weighted by molar-refractivity contribution is 8.03. The first-order valence-corrected chi connectivity index (χ1v) is 5.20. The van der Waals surface area contributed by atoms with Gasteiger partial charge in [0.1, 0.15) is 0 Å². The smallest absolute Gasteiger partial charge is 0.0122 e. The van der Waals surface area contributed by atoms with E-state index in [2.05, 4.69) is 48.9 Å². The van der Waals surface area contributed by atoms with Crippen LogP contribution in [-0.4, -0.2) is 0 Å². The number of benzene rings is 1. The fourth-order valence-electron chi connectivity index (χ4n) is 1.19. The summed E-state index contributed by atoms with van der Waals surface area (Å²) in [6.07, 6.45) is 9.74. The lowest BCUT2D eigenvalue weighted by Crippen LogP contribution is -1.80. The van der Waals surface area contributed by atoms with Gasteiger partial charge in [0.15, 0.2) is 0 Å². The molecule has 1 aliphatic rings. The van der Waals surface area contributed by atoms with Crippen LogP contribution in [0.3, 0.4) is 0 Å². The highest BCUT2D eigenvalue weighted by Gasteiger charge is 1.99. The minimum Gasteiger partial charge on any atom is -0.0905 e. The maximum atomic E-state index is 2.25. The van der Waals surface area contributed by atoms with E-state index in [0.717, 1.165) is 6.42 Å². The van der Waals surface area contributed by atoms with E-state index >= 15 is 0 Å². The molecule has 0 aliphatic heterocycles. The molecule has 1 aromatic carbocycles. The standard InChI is InChI=1S/C12H11S/c1-3-7-11(8-4-1)13-12-9-5-2-6-10-12/h1-5,7-10H,6H2. The van der Waals surface area contributed by atoms with Gasteiger partial charge in [-0.2, -0.15) is 0 Å². The van der Waals surface area contributed by atoms with E-state index in [1.54, 1.807) is 0 Å². The molecule has 1 aliphatic carbocycles. The van der Waals surface area contributed by atoms with Crippen molar-refractivity contribution in [2.24, 2.45) is 0 Å². The summed E-state index contributed by atoms with van der Waals surface area (Å²) in [7, 11) is 0. The molecule has 1 radical (unpaired) electrons. The first-order chi connectivity index (χ1) is 6.45. The Labute approximate surface area is 83.4 Å².